The van der Waals surface area contributed by atoms with Crippen LogP contribution in [0.3, 0.4) is 0 Å². The van der Waals surface area contributed by atoms with Crippen molar-refractivity contribution in [2.45, 2.75) is 43.4 Å². The minimum atomic E-state index is -0.426. The molecule has 0 aliphatic heterocycles. The Hall–Kier alpha value is -1.03. The minimum absolute atomic E-state index is 0.186. The van der Waals surface area contributed by atoms with Gasteiger partial charge in [0.1, 0.15) is 10.9 Å². The van der Waals surface area contributed by atoms with Crippen molar-refractivity contribution < 1.29 is 9.53 Å². The zero-order valence-corrected chi connectivity index (χ0v) is 10.9. The summed E-state index contributed by atoms with van der Waals surface area (Å²) in [6.07, 6.45) is 3.42. The molecule has 0 bridgehead atoms. The van der Waals surface area contributed by atoms with E-state index in [1.165, 1.54) is 11.8 Å². The Balaban J connectivity index is 2.53. The average molecular weight is 239 g/mol. The van der Waals surface area contributed by atoms with Crippen LogP contribution in [-0.4, -0.2) is 21.8 Å². The van der Waals surface area contributed by atoms with Crippen LogP contribution in [0.4, 0.5) is 0 Å². The van der Waals surface area contributed by atoms with Crippen molar-refractivity contribution >= 4 is 17.7 Å². The van der Waals surface area contributed by atoms with E-state index in [1.807, 2.05) is 39.8 Å². The van der Waals surface area contributed by atoms with Crippen molar-refractivity contribution in [1.29, 1.82) is 0 Å². The maximum Gasteiger partial charge on any atom is 0.319 e. The second-order valence-corrected chi connectivity index (χ2v) is 5.89. The lowest BCUT2D eigenvalue weighted by atomic mass is 10.2. The first-order valence-corrected chi connectivity index (χ1v) is 6.06. The quantitative estimate of drug-likeness (QED) is 0.600. The number of pyridine rings is 1. The van der Waals surface area contributed by atoms with Crippen LogP contribution in [0, 0.1) is 0 Å². The van der Waals surface area contributed by atoms with Gasteiger partial charge < -0.3 is 4.74 Å². The molecule has 0 aliphatic carbocycles. The zero-order chi connectivity index (χ0) is 12.2. The fourth-order valence-electron chi connectivity index (χ4n) is 1.05. The van der Waals surface area contributed by atoms with Crippen LogP contribution < -0.4 is 0 Å². The van der Waals surface area contributed by atoms with Gasteiger partial charge in [-0.05, 0) is 39.8 Å². The van der Waals surface area contributed by atoms with E-state index >= 15 is 0 Å². The van der Waals surface area contributed by atoms with Gasteiger partial charge in [0.05, 0.1) is 0 Å². The number of hydrogen-bond donors (Lipinski definition) is 0. The van der Waals surface area contributed by atoms with Crippen LogP contribution in [0.2, 0.25) is 0 Å². The zero-order valence-electron chi connectivity index (χ0n) is 10.1. The van der Waals surface area contributed by atoms with Gasteiger partial charge in [-0.1, -0.05) is 0 Å². The molecule has 0 aromatic carbocycles. The standard InChI is InChI=1S/C12H17NO2S/c1-9(11(14)15-12(2,3)4)16-10-5-7-13-8-6-10/h5-9H,1-4H3. The summed E-state index contributed by atoms with van der Waals surface area (Å²) in [5.41, 5.74) is -0.426. The Morgan fingerprint density at radius 2 is 1.94 bits per heavy atom. The molecule has 0 N–H and O–H groups in total. The molecule has 0 amide bonds. The molecule has 4 heteroatoms. The summed E-state index contributed by atoms with van der Waals surface area (Å²) in [4.78, 5) is 16.7. The molecule has 88 valence electrons. The lowest BCUT2D eigenvalue weighted by Crippen LogP contribution is -2.28. The molecule has 1 rings (SSSR count). The number of nitrogens with zero attached hydrogens (tertiary/aromatic N) is 1. The normalized spacial score (nSPS) is 13.2. The smallest absolute Gasteiger partial charge is 0.319 e. The molecule has 16 heavy (non-hydrogen) atoms. The Morgan fingerprint density at radius 1 is 1.38 bits per heavy atom. The van der Waals surface area contributed by atoms with Gasteiger partial charge in [0.2, 0.25) is 0 Å². The molecule has 0 fully saturated rings. The van der Waals surface area contributed by atoms with E-state index in [2.05, 4.69) is 4.98 Å². The Kier molecular flexibility index (Phi) is 4.35. The second-order valence-electron chi connectivity index (χ2n) is 4.48. The molecule has 1 aromatic rings. The molecule has 0 radical (unpaired) electrons. The summed E-state index contributed by atoms with van der Waals surface area (Å²) >= 11 is 1.48. The third-order valence-corrected chi connectivity index (χ3v) is 2.79. The summed E-state index contributed by atoms with van der Waals surface area (Å²) in [6.45, 7) is 7.46. The van der Waals surface area contributed by atoms with Gasteiger partial charge in [-0.25, -0.2) is 0 Å². The molecule has 0 aliphatic rings. The van der Waals surface area contributed by atoms with Gasteiger partial charge in [0, 0.05) is 17.3 Å². The van der Waals surface area contributed by atoms with E-state index in [-0.39, 0.29) is 11.2 Å². The number of thioether (sulfide) groups is 1. The first-order chi connectivity index (χ1) is 7.38. The van der Waals surface area contributed by atoms with Crippen LogP contribution in [0.5, 0.6) is 0 Å². The van der Waals surface area contributed by atoms with Crippen molar-refractivity contribution in [1.82, 2.24) is 4.98 Å². The number of esters is 1. The molecule has 0 saturated carbocycles. The first kappa shape index (κ1) is 13.0. The number of hydrogen-bond acceptors (Lipinski definition) is 4. The third kappa shape index (κ3) is 4.66. The number of rotatable bonds is 3. The summed E-state index contributed by atoms with van der Waals surface area (Å²) < 4.78 is 5.30. The van der Waals surface area contributed by atoms with E-state index in [0.29, 0.717) is 0 Å². The highest BCUT2D eigenvalue weighted by Gasteiger charge is 2.22. The SMILES string of the molecule is CC(Sc1ccncc1)C(=O)OC(C)(C)C. The number of ether oxygens (including phenoxy) is 1. The van der Waals surface area contributed by atoms with Gasteiger partial charge in [-0.3, -0.25) is 9.78 Å². The predicted molar refractivity (Wildman–Crippen MR) is 65.4 cm³/mol. The van der Waals surface area contributed by atoms with E-state index in [4.69, 9.17) is 4.74 Å². The predicted octanol–water partition coefficient (Wildman–Crippen LogP) is 2.90. The minimum Gasteiger partial charge on any atom is -0.459 e. The van der Waals surface area contributed by atoms with Gasteiger partial charge >= 0.3 is 5.97 Å². The van der Waals surface area contributed by atoms with Crippen LogP contribution >= 0.6 is 11.8 Å². The van der Waals surface area contributed by atoms with Crippen LogP contribution in [-0.2, 0) is 9.53 Å². The highest BCUT2D eigenvalue weighted by molar-refractivity contribution is 8.00. The number of carbonyl (C=O) groups is 1. The molecule has 3 nitrogen and oxygen atoms in total. The van der Waals surface area contributed by atoms with Crippen molar-refractivity contribution in [3.63, 3.8) is 0 Å². The molecule has 1 aromatic heterocycles. The summed E-state index contributed by atoms with van der Waals surface area (Å²) in [5.74, 6) is -0.186. The van der Waals surface area contributed by atoms with Gasteiger partial charge in [-0.2, -0.15) is 0 Å². The molecule has 1 heterocycles. The largest absolute Gasteiger partial charge is 0.459 e. The van der Waals surface area contributed by atoms with Crippen molar-refractivity contribution in [2.24, 2.45) is 0 Å². The van der Waals surface area contributed by atoms with Crippen molar-refractivity contribution in [2.75, 3.05) is 0 Å². The van der Waals surface area contributed by atoms with Crippen LogP contribution in [0.1, 0.15) is 27.7 Å². The Labute approximate surface area is 101 Å². The monoisotopic (exact) mass is 239 g/mol. The maximum atomic E-state index is 11.7. The van der Waals surface area contributed by atoms with E-state index in [1.54, 1.807) is 12.4 Å². The molecular weight excluding hydrogens is 222 g/mol. The Bertz CT molecular complexity index is 346. The third-order valence-electron chi connectivity index (χ3n) is 1.70. The maximum absolute atomic E-state index is 11.7. The molecule has 0 spiro atoms. The first-order valence-electron chi connectivity index (χ1n) is 5.18. The fourth-order valence-corrected chi connectivity index (χ4v) is 1.89. The average Bonchev–Trinajstić information content (AvgIpc) is 2.16. The summed E-state index contributed by atoms with van der Waals surface area (Å²) in [5, 5.41) is -0.207. The van der Waals surface area contributed by atoms with Crippen LogP contribution in [0.25, 0.3) is 0 Å². The molecule has 1 unspecified atom stereocenters. The number of aromatic nitrogens is 1. The molecular formula is C12H17NO2S. The van der Waals surface area contributed by atoms with Crippen molar-refractivity contribution in [3.05, 3.63) is 24.5 Å². The second kappa shape index (κ2) is 5.34. The highest BCUT2D eigenvalue weighted by Crippen LogP contribution is 2.24. The fraction of sp³-hybridized carbons (Fsp3) is 0.500. The van der Waals surface area contributed by atoms with Crippen molar-refractivity contribution in [3.8, 4) is 0 Å². The topological polar surface area (TPSA) is 39.2 Å². The molecule has 1 atom stereocenters. The highest BCUT2D eigenvalue weighted by atomic mass is 32.2. The summed E-state index contributed by atoms with van der Waals surface area (Å²) in [6, 6.07) is 3.76. The van der Waals surface area contributed by atoms with E-state index in [9.17, 15) is 4.79 Å². The van der Waals surface area contributed by atoms with Crippen LogP contribution in [0.15, 0.2) is 29.4 Å². The van der Waals surface area contributed by atoms with E-state index in [0.717, 1.165) is 4.90 Å². The van der Waals surface area contributed by atoms with Gasteiger partial charge in [0.15, 0.2) is 0 Å². The molecule has 0 saturated heterocycles. The summed E-state index contributed by atoms with van der Waals surface area (Å²) in [7, 11) is 0. The van der Waals surface area contributed by atoms with Gasteiger partial charge in [0.25, 0.3) is 0 Å². The lowest BCUT2D eigenvalue weighted by Gasteiger charge is -2.21. The lowest BCUT2D eigenvalue weighted by molar-refractivity contribution is -0.153. The Morgan fingerprint density at radius 3 is 2.44 bits per heavy atom. The van der Waals surface area contributed by atoms with Gasteiger partial charge in [-0.15, -0.1) is 11.8 Å². The number of carbonyl (C=O) groups excluding carboxylic acids is 1. The van der Waals surface area contributed by atoms with E-state index < -0.39 is 5.60 Å².